The molecule has 92 valence electrons. The zero-order valence-corrected chi connectivity index (χ0v) is 10.5. The number of rotatable bonds is 4. The van der Waals surface area contributed by atoms with Crippen LogP contribution in [0.4, 0.5) is 0 Å². The topological polar surface area (TPSA) is 43.1 Å². The van der Waals surface area contributed by atoms with Gasteiger partial charge in [0, 0.05) is 5.56 Å². The quantitative estimate of drug-likeness (QED) is 0.834. The van der Waals surface area contributed by atoms with Crippen LogP contribution in [0.2, 0.25) is 0 Å². The van der Waals surface area contributed by atoms with E-state index in [2.05, 4.69) is 0 Å². The van der Waals surface area contributed by atoms with Crippen molar-refractivity contribution in [3.8, 4) is 0 Å². The first-order valence-electron chi connectivity index (χ1n) is 6.07. The Morgan fingerprint density at radius 3 is 2.28 bits per heavy atom. The molecule has 0 aliphatic carbocycles. The van der Waals surface area contributed by atoms with Gasteiger partial charge in [0.1, 0.15) is 0 Å². The molecular formula is C16H17NO. The normalized spacial score (nSPS) is 12.1. The van der Waals surface area contributed by atoms with Gasteiger partial charge in [0.15, 0.2) is 5.78 Å². The van der Waals surface area contributed by atoms with Crippen molar-refractivity contribution in [2.24, 2.45) is 5.73 Å². The number of aryl methyl sites for hydroxylation is 1. The second kappa shape index (κ2) is 5.61. The lowest BCUT2D eigenvalue weighted by Crippen LogP contribution is -2.32. The van der Waals surface area contributed by atoms with Crippen molar-refractivity contribution in [1.82, 2.24) is 0 Å². The van der Waals surface area contributed by atoms with Crippen molar-refractivity contribution in [2.45, 2.75) is 19.4 Å². The van der Waals surface area contributed by atoms with Crippen LogP contribution in [0.25, 0.3) is 0 Å². The van der Waals surface area contributed by atoms with Gasteiger partial charge in [-0.05, 0) is 18.9 Å². The largest absolute Gasteiger partial charge is 0.321 e. The fourth-order valence-electron chi connectivity index (χ4n) is 1.89. The Bertz CT molecular complexity index is 517. The molecule has 2 nitrogen and oxygen atoms in total. The van der Waals surface area contributed by atoms with Gasteiger partial charge in [-0.15, -0.1) is 0 Å². The van der Waals surface area contributed by atoms with Crippen LogP contribution in [0.1, 0.15) is 21.5 Å². The molecule has 1 atom stereocenters. The van der Waals surface area contributed by atoms with Crippen molar-refractivity contribution in [1.29, 1.82) is 0 Å². The highest BCUT2D eigenvalue weighted by atomic mass is 16.1. The van der Waals surface area contributed by atoms with Gasteiger partial charge in [-0.2, -0.15) is 0 Å². The van der Waals surface area contributed by atoms with Crippen molar-refractivity contribution in [3.05, 3.63) is 71.3 Å². The van der Waals surface area contributed by atoms with E-state index in [4.69, 9.17) is 5.73 Å². The van der Waals surface area contributed by atoms with Gasteiger partial charge in [0.05, 0.1) is 6.04 Å². The third-order valence-electron chi connectivity index (χ3n) is 2.97. The molecule has 0 amide bonds. The number of hydrogen-bond acceptors (Lipinski definition) is 2. The SMILES string of the molecule is Cc1ccc(C(=O)[C@@H](N)Cc2ccccc2)cc1. The summed E-state index contributed by atoms with van der Waals surface area (Å²) in [6.07, 6.45) is 0.577. The molecule has 2 rings (SSSR count). The van der Waals surface area contributed by atoms with Crippen molar-refractivity contribution < 1.29 is 4.79 Å². The molecule has 0 unspecified atom stereocenters. The zero-order valence-electron chi connectivity index (χ0n) is 10.5. The minimum absolute atomic E-state index is 0.00106. The molecule has 18 heavy (non-hydrogen) atoms. The number of Topliss-reactive ketones (excluding diaryl/α,β-unsaturated/α-hetero) is 1. The van der Waals surface area contributed by atoms with E-state index in [1.165, 1.54) is 0 Å². The highest BCUT2D eigenvalue weighted by Crippen LogP contribution is 2.09. The van der Waals surface area contributed by atoms with Crippen LogP contribution in [0, 0.1) is 6.92 Å². The summed E-state index contributed by atoms with van der Waals surface area (Å²) in [5, 5.41) is 0. The standard InChI is InChI=1S/C16H17NO/c1-12-7-9-14(10-8-12)16(18)15(17)11-13-5-3-2-4-6-13/h2-10,15H,11,17H2,1H3/t15-/m0/s1. The van der Waals surface area contributed by atoms with Crippen LogP contribution >= 0.6 is 0 Å². The van der Waals surface area contributed by atoms with Gasteiger partial charge < -0.3 is 5.73 Å². The van der Waals surface area contributed by atoms with Gasteiger partial charge in [-0.3, -0.25) is 4.79 Å². The summed E-state index contributed by atoms with van der Waals surface area (Å²) in [4.78, 5) is 12.1. The molecule has 2 heteroatoms. The molecule has 0 heterocycles. The maximum Gasteiger partial charge on any atom is 0.179 e. The third-order valence-corrected chi connectivity index (χ3v) is 2.97. The Balaban J connectivity index is 2.07. The Morgan fingerprint density at radius 2 is 1.67 bits per heavy atom. The average molecular weight is 239 g/mol. The van der Waals surface area contributed by atoms with Crippen LogP contribution in [0.15, 0.2) is 54.6 Å². The molecule has 0 aliphatic rings. The van der Waals surface area contributed by atoms with Crippen LogP contribution in [0.5, 0.6) is 0 Å². The predicted molar refractivity (Wildman–Crippen MR) is 73.6 cm³/mol. The van der Waals surface area contributed by atoms with Crippen molar-refractivity contribution in [3.63, 3.8) is 0 Å². The molecule has 0 saturated heterocycles. The van der Waals surface area contributed by atoms with E-state index in [-0.39, 0.29) is 5.78 Å². The lowest BCUT2D eigenvalue weighted by Gasteiger charge is -2.10. The molecule has 0 radical (unpaired) electrons. The van der Waals surface area contributed by atoms with Crippen molar-refractivity contribution in [2.75, 3.05) is 0 Å². The maximum atomic E-state index is 12.1. The Kier molecular flexibility index (Phi) is 3.90. The lowest BCUT2D eigenvalue weighted by molar-refractivity contribution is 0.0961. The number of carbonyl (C=O) groups is 1. The second-order valence-corrected chi connectivity index (χ2v) is 4.53. The smallest absolute Gasteiger partial charge is 0.179 e. The summed E-state index contributed by atoms with van der Waals surface area (Å²) in [5.41, 5.74) is 8.88. The Labute approximate surface area is 107 Å². The fraction of sp³-hybridized carbons (Fsp3) is 0.188. The van der Waals surface area contributed by atoms with E-state index >= 15 is 0 Å². The van der Waals surface area contributed by atoms with Gasteiger partial charge in [-0.1, -0.05) is 60.2 Å². The molecule has 0 spiro atoms. The monoisotopic (exact) mass is 239 g/mol. The highest BCUT2D eigenvalue weighted by molar-refractivity contribution is 6.00. The zero-order chi connectivity index (χ0) is 13.0. The van der Waals surface area contributed by atoms with Gasteiger partial charge >= 0.3 is 0 Å². The summed E-state index contributed by atoms with van der Waals surface area (Å²) >= 11 is 0. The number of benzene rings is 2. The predicted octanol–water partition coefficient (Wildman–Crippen LogP) is 2.75. The van der Waals surface area contributed by atoms with Gasteiger partial charge in [0.25, 0.3) is 0 Å². The Morgan fingerprint density at radius 1 is 1.06 bits per heavy atom. The van der Waals surface area contributed by atoms with E-state index in [9.17, 15) is 4.79 Å². The number of ketones is 1. The first-order valence-corrected chi connectivity index (χ1v) is 6.07. The maximum absolute atomic E-state index is 12.1. The first-order chi connectivity index (χ1) is 8.66. The van der Waals surface area contributed by atoms with E-state index in [0.29, 0.717) is 12.0 Å². The van der Waals surface area contributed by atoms with Crippen LogP contribution in [-0.2, 0) is 6.42 Å². The number of nitrogens with two attached hydrogens (primary N) is 1. The van der Waals surface area contributed by atoms with E-state index < -0.39 is 6.04 Å². The molecule has 0 fully saturated rings. The molecule has 2 aromatic rings. The second-order valence-electron chi connectivity index (χ2n) is 4.53. The van der Waals surface area contributed by atoms with Crippen LogP contribution < -0.4 is 5.73 Å². The van der Waals surface area contributed by atoms with Gasteiger partial charge in [0.2, 0.25) is 0 Å². The lowest BCUT2D eigenvalue weighted by atomic mass is 9.98. The summed E-state index contributed by atoms with van der Waals surface area (Å²) in [5.74, 6) is -0.00106. The van der Waals surface area contributed by atoms with Crippen LogP contribution in [-0.4, -0.2) is 11.8 Å². The number of hydrogen-bond donors (Lipinski definition) is 1. The molecular weight excluding hydrogens is 222 g/mol. The summed E-state index contributed by atoms with van der Waals surface area (Å²) < 4.78 is 0. The summed E-state index contributed by atoms with van der Waals surface area (Å²) in [6.45, 7) is 2.00. The molecule has 0 saturated carbocycles. The first kappa shape index (κ1) is 12.5. The number of carbonyl (C=O) groups excluding carboxylic acids is 1. The molecule has 0 bridgehead atoms. The molecule has 0 aromatic heterocycles. The van der Waals surface area contributed by atoms with Crippen molar-refractivity contribution >= 4 is 5.78 Å². The third kappa shape index (κ3) is 3.05. The summed E-state index contributed by atoms with van der Waals surface area (Å²) in [6, 6.07) is 16.9. The molecule has 0 aliphatic heterocycles. The van der Waals surface area contributed by atoms with E-state index in [1.807, 2.05) is 61.5 Å². The van der Waals surface area contributed by atoms with Gasteiger partial charge in [-0.25, -0.2) is 0 Å². The van der Waals surface area contributed by atoms with Crippen LogP contribution in [0.3, 0.4) is 0 Å². The molecule has 2 N–H and O–H groups in total. The fourth-order valence-corrected chi connectivity index (χ4v) is 1.89. The summed E-state index contributed by atoms with van der Waals surface area (Å²) in [7, 11) is 0. The minimum Gasteiger partial charge on any atom is -0.321 e. The van der Waals surface area contributed by atoms with E-state index in [0.717, 1.165) is 11.1 Å². The Hall–Kier alpha value is -1.93. The minimum atomic E-state index is -0.477. The highest BCUT2D eigenvalue weighted by Gasteiger charge is 2.15. The van der Waals surface area contributed by atoms with E-state index in [1.54, 1.807) is 0 Å². The average Bonchev–Trinajstić information content (AvgIpc) is 2.40. The molecule has 2 aromatic carbocycles.